The van der Waals surface area contributed by atoms with Crippen LogP contribution in [0.4, 0.5) is 0 Å². The van der Waals surface area contributed by atoms with E-state index in [4.69, 9.17) is 9.47 Å². The number of esters is 1. The highest BCUT2D eigenvalue weighted by Crippen LogP contribution is 2.30. The number of methoxy groups -OCH3 is 1. The van der Waals surface area contributed by atoms with Crippen LogP contribution in [-0.4, -0.2) is 37.2 Å². The molecule has 0 spiro atoms. The Morgan fingerprint density at radius 2 is 1.96 bits per heavy atom. The molecule has 2 aromatic carbocycles. The summed E-state index contributed by atoms with van der Waals surface area (Å²) in [6, 6.07) is 12.3. The predicted molar refractivity (Wildman–Crippen MR) is 95.2 cm³/mol. The smallest absolute Gasteiger partial charge is 0.323 e. The fraction of sp³-hybridized carbons (Fsp3) is 0.450. The molecule has 1 aliphatic rings. The molecule has 128 valence electrons. The third-order valence-electron chi connectivity index (χ3n) is 4.74. The molecule has 0 aliphatic carbocycles. The number of benzene rings is 2. The number of fused-ring (bicyclic) bond motifs is 1. The van der Waals surface area contributed by atoms with Gasteiger partial charge in [0.25, 0.3) is 0 Å². The molecule has 0 radical (unpaired) electrons. The van der Waals surface area contributed by atoms with Crippen LogP contribution >= 0.6 is 0 Å². The molecule has 1 fully saturated rings. The first-order chi connectivity index (χ1) is 11.7. The number of carbonyl (C=O) groups excluding carboxylic acids is 1. The van der Waals surface area contributed by atoms with Crippen LogP contribution in [0.15, 0.2) is 36.4 Å². The van der Waals surface area contributed by atoms with E-state index in [1.807, 2.05) is 25.1 Å². The van der Waals surface area contributed by atoms with Crippen molar-refractivity contribution in [2.24, 2.45) is 0 Å². The summed E-state index contributed by atoms with van der Waals surface area (Å²) in [7, 11) is 1.70. The molecule has 0 amide bonds. The van der Waals surface area contributed by atoms with Crippen LogP contribution in [0.3, 0.4) is 0 Å². The Bertz CT molecular complexity index is 713. The van der Waals surface area contributed by atoms with E-state index >= 15 is 0 Å². The van der Waals surface area contributed by atoms with Gasteiger partial charge in [0.2, 0.25) is 0 Å². The Kier molecular flexibility index (Phi) is 5.36. The molecule has 3 rings (SSSR count). The van der Waals surface area contributed by atoms with Crippen LogP contribution in [0.1, 0.15) is 31.7 Å². The van der Waals surface area contributed by atoms with Crippen molar-refractivity contribution in [3.63, 3.8) is 0 Å². The van der Waals surface area contributed by atoms with Gasteiger partial charge in [-0.3, -0.25) is 9.69 Å². The summed E-state index contributed by atoms with van der Waals surface area (Å²) >= 11 is 0. The molecule has 24 heavy (non-hydrogen) atoms. The number of likely N-dealkylation sites (tertiary alicyclic amines) is 1. The van der Waals surface area contributed by atoms with E-state index in [2.05, 4.69) is 23.1 Å². The van der Waals surface area contributed by atoms with E-state index in [1.165, 1.54) is 10.9 Å². The normalized spacial score (nSPS) is 18.5. The van der Waals surface area contributed by atoms with Crippen molar-refractivity contribution in [1.82, 2.24) is 4.90 Å². The highest BCUT2D eigenvalue weighted by atomic mass is 16.5. The molecule has 1 atom stereocenters. The van der Waals surface area contributed by atoms with Gasteiger partial charge in [-0.05, 0) is 43.3 Å². The molecule has 0 aromatic heterocycles. The van der Waals surface area contributed by atoms with E-state index in [1.54, 1.807) is 7.11 Å². The minimum atomic E-state index is -0.125. The van der Waals surface area contributed by atoms with Gasteiger partial charge in [0.05, 0.1) is 13.7 Å². The Hall–Kier alpha value is -2.07. The molecule has 1 heterocycles. The summed E-state index contributed by atoms with van der Waals surface area (Å²) in [5.41, 5.74) is 1.22. The number of hydrogen-bond donors (Lipinski definition) is 0. The molecular weight excluding hydrogens is 302 g/mol. The summed E-state index contributed by atoms with van der Waals surface area (Å²) in [6.07, 6.45) is 3.10. The zero-order valence-corrected chi connectivity index (χ0v) is 14.5. The second-order valence-electron chi connectivity index (χ2n) is 6.21. The van der Waals surface area contributed by atoms with Crippen molar-refractivity contribution in [2.45, 2.75) is 38.8 Å². The first kappa shape index (κ1) is 16.8. The van der Waals surface area contributed by atoms with Crippen molar-refractivity contribution in [1.29, 1.82) is 0 Å². The Labute approximate surface area is 143 Å². The number of piperidine rings is 1. The summed E-state index contributed by atoms with van der Waals surface area (Å²) in [5, 5.41) is 2.30. The van der Waals surface area contributed by atoms with Crippen LogP contribution in [0, 0.1) is 0 Å². The van der Waals surface area contributed by atoms with Crippen LogP contribution in [0.25, 0.3) is 10.8 Å². The summed E-state index contributed by atoms with van der Waals surface area (Å²) in [5.74, 6) is 0.796. The van der Waals surface area contributed by atoms with Crippen LogP contribution in [0.2, 0.25) is 0 Å². The van der Waals surface area contributed by atoms with Gasteiger partial charge >= 0.3 is 5.97 Å². The highest BCUT2D eigenvalue weighted by molar-refractivity contribution is 5.91. The molecule has 2 aromatic rings. The number of carbonyl (C=O) groups is 1. The molecular formula is C20H25NO3. The maximum Gasteiger partial charge on any atom is 0.323 e. The minimum absolute atomic E-state index is 0.0879. The molecule has 4 heteroatoms. The number of hydrogen-bond acceptors (Lipinski definition) is 4. The molecule has 0 N–H and O–H groups in total. The van der Waals surface area contributed by atoms with Gasteiger partial charge < -0.3 is 9.47 Å². The Morgan fingerprint density at radius 1 is 1.17 bits per heavy atom. The Morgan fingerprint density at radius 3 is 2.71 bits per heavy atom. The molecule has 0 bridgehead atoms. The van der Waals surface area contributed by atoms with Gasteiger partial charge in [0.1, 0.15) is 11.8 Å². The lowest BCUT2D eigenvalue weighted by molar-refractivity contribution is -0.151. The average molecular weight is 327 g/mol. The van der Waals surface area contributed by atoms with Crippen molar-refractivity contribution < 1.29 is 14.3 Å². The van der Waals surface area contributed by atoms with Gasteiger partial charge in [-0.1, -0.05) is 36.8 Å². The largest absolute Gasteiger partial charge is 0.496 e. The maximum absolute atomic E-state index is 12.3. The van der Waals surface area contributed by atoms with Crippen molar-refractivity contribution in [3.8, 4) is 5.75 Å². The first-order valence-electron chi connectivity index (χ1n) is 8.70. The summed E-state index contributed by atoms with van der Waals surface area (Å²) in [4.78, 5) is 14.5. The topological polar surface area (TPSA) is 38.8 Å². The lowest BCUT2D eigenvalue weighted by Gasteiger charge is -2.34. The summed E-state index contributed by atoms with van der Waals surface area (Å²) in [6.45, 7) is 3.99. The van der Waals surface area contributed by atoms with Gasteiger partial charge in [-0.25, -0.2) is 0 Å². The number of nitrogens with zero attached hydrogens (tertiary/aromatic N) is 1. The second-order valence-corrected chi connectivity index (χ2v) is 6.21. The average Bonchev–Trinajstić information content (AvgIpc) is 2.62. The molecule has 4 nitrogen and oxygen atoms in total. The SMILES string of the molecule is CCOC(=O)C1CCCCN1Cc1ccc(OC)c2ccccc12. The van der Waals surface area contributed by atoms with E-state index in [9.17, 15) is 4.79 Å². The Balaban J connectivity index is 1.89. The maximum atomic E-state index is 12.3. The lowest BCUT2D eigenvalue weighted by atomic mass is 9.98. The van der Waals surface area contributed by atoms with Crippen LogP contribution in [-0.2, 0) is 16.1 Å². The number of rotatable bonds is 5. The van der Waals surface area contributed by atoms with Gasteiger partial charge in [0, 0.05) is 11.9 Å². The standard InChI is InChI=1S/C20H25NO3/c1-3-24-20(22)18-10-6-7-13-21(18)14-15-11-12-19(23-2)17-9-5-4-8-16(15)17/h4-5,8-9,11-12,18H,3,6-7,10,13-14H2,1-2H3. The summed E-state index contributed by atoms with van der Waals surface area (Å²) < 4.78 is 10.7. The van der Waals surface area contributed by atoms with Crippen LogP contribution < -0.4 is 4.74 Å². The van der Waals surface area contributed by atoms with Crippen molar-refractivity contribution >= 4 is 16.7 Å². The fourth-order valence-corrected chi connectivity index (χ4v) is 3.55. The van der Waals surface area contributed by atoms with E-state index in [0.29, 0.717) is 6.61 Å². The van der Waals surface area contributed by atoms with E-state index in [0.717, 1.165) is 43.5 Å². The van der Waals surface area contributed by atoms with E-state index in [-0.39, 0.29) is 12.0 Å². The van der Waals surface area contributed by atoms with E-state index < -0.39 is 0 Å². The van der Waals surface area contributed by atoms with Crippen molar-refractivity contribution in [3.05, 3.63) is 42.0 Å². The first-order valence-corrected chi connectivity index (χ1v) is 8.70. The van der Waals surface area contributed by atoms with Crippen molar-refractivity contribution in [2.75, 3.05) is 20.3 Å². The highest BCUT2D eigenvalue weighted by Gasteiger charge is 2.30. The predicted octanol–water partition coefficient (Wildman–Crippen LogP) is 3.77. The molecule has 1 unspecified atom stereocenters. The fourth-order valence-electron chi connectivity index (χ4n) is 3.55. The zero-order valence-electron chi connectivity index (χ0n) is 14.5. The quantitative estimate of drug-likeness (QED) is 0.784. The third-order valence-corrected chi connectivity index (χ3v) is 4.74. The van der Waals surface area contributed by atoms with Gasteiger partial charge in [-0.15, -0.1) is 0 Å². The zero-order chi connectivity index (χ0) is 16.9. The number of ether oxygens (including phenoxy) is 2. The van der Waals surface area contributed by atoms with Gasteiger partial charge in [0.15, 0.2) is 0 Å². The second kappa shape index (κ2) is 7.67. The van der Waals surface area contributed by atoms with Crippen LogP contribution in [0.5, 0.6) is 5.75 Å². The molecule has 0 saturated carbocycles. The minimum Gasteiger partial charge on any atom is -0.496 e. The monoisotopic (exact) mass is 327 g/mol. The molecule has 1 aliphatic heterocycles. The van der Waals surface area contributed by atoms with Gasteiger partial charge in [-0.2, -0.15) is 0 Å². The lowest BCUT2D eigenvalue weighted by Crippen LogP contribution is -2.44. The third kappa shape index (κ3) is 3.39. The molecule has 1 saturated heterocycles.